The summed E-state index contributed by atoms with van der Waals surface area (Å²) in [7, 11) is -2.30. The van der Waals surface area contributed by atoms with Gasteiger partial charge in [-0.05, 0) is 49.4 Å². The van der Waals surface area contributed by atoms with Crippen molar-refractivity contribution in [2.45, 2.75) is 17.9 Å². The molecule has 24 heavy (non-hydrogen) atoms. The van der Waals surface area contributed by atoms with E-state index in [4.69, 9.17) is 16.3 Å². The van der Waals surface area contributed by atoms with Crippen LogP contribution in [0.2, 0.25) is 5.02 Å². The molecule has 0 aromatic heterocycles. The predicted molar refractivity (Wildman–Crippen MR) is 92.9 cm³/mol. The fraction of sp³-hybridized carbons (Fsp3) is 0.188. The maximum absolute atomic E-state index is 12.3. The Hall–Kier alpha value is -2.09. The zero-order valence-corrected chi connectivity index (χ0v) is 14.7. The fourth-order valence-corrected chi connectivity index (χ4v) is 3.42. The minimum absolute atomic E-state index is 0.000836. The van der Waals surface area contributed by atoms with E-state index in [1.165, 1.54) is 25.1 Å². The molecule has 0 bridgehead atoms. The Morgan fingerprint density at radius 1 is 1.17 bits per heavy atom. The van der Waals surface area contributed by atoms with Crippen LogP contribution in [0.4, 0.5) is 5.69 Å². The smallest absolute Gasteiger partial charge is 0.242 e. The number of halogens is 1. The van der Waals surface area contributed by atoms with Gasteiger partial charge in [-0.3, -0.25) is 4.79 Å². The Kier molecular flexibility index (Phi) is 5.82. The third-order valence-corrected chi connectivity index (χ3v) is 4.96. The molecule has 2 N–H and O–H groups in total. The van der Waals surface area contributed by atoms with Gasteiger partial charge in [-0.1, -0.05) is 17.7 Å². The molecular formula is C16H17ClN2O4S. The van der Waals surface area contributed by atoms with Crippen molar-refractivity contribution in [1.29, 1.82) is 0 Å². The summed E-state index contributed by atoms with van der Waals surface area (Å²) in [4.78, 5) is 12.1. The Morgan fingerprint density at radius 2 is 1.83 bits per heavy atom. The van der Waals surface area contributed by atoms with Crippen LogP contribution in [0.1, 0.15) is 6.92 Å². The zero-order valence-electron chi connectivity index (χ0n) is 13.1. The van der Waals surface area contributed by atoms with Crippen LogP contribution in [0, 0.1) is 0 Å². The van der Waals surface area contributed by atoms with Gasteiger partial charge in [-0.2, -0.15) is 4.72 Å². The van der Waals surface area contributed by atoms with Crippen molar-refractivity contribution in [1.82, 2.24) is 4.72 Å². The number of nitrogens with one attached hydrogen (secondary N) is 2. The van der Waals surface area contributed by atoms with Crippen LogP contribution in [-0.4, -0.2) is 27.5 Å². The lowest BCUT2D eigenvalue weighted by atomic mass is 10.2. The average molecular weight is 369 g/mol. The second-order valence-corrected chi connectivity index (χ2v) is 7.17. The maximum Gasteiger partial charge on any atom is 0.242 e. The first-order valence-electron chi connectivity index (χ1n) is 7.04. The topological polar surface area (TPSA) is 84.5 Å². The first-order valence-corrected chi connectivity index (χ1v) is 8.91. The second-order valence-electron chi connectivity index (χ2n) is 5.02. The van der Waals surface area contributed by atoms with E-state index < -0.39 is 22.0 Å². The molecule has 0 spiro atoms. The van der Waals surface area contributed by atoms with Gasteiger partial charge in [-0.15, -0.1) is 0 Å². The highest BCUT2D eigenvalue weighted by Gasteiger charge is 2.22. The SMILES string of the molecule is COc1ccc(NC(=O)[C@H](C)NS(=O)(=O)c2cccc(Cl)c2)cc1. The number of hydrogen-bond acceptors (Lipinski definition) is 4. The van der Waals surface area contributed by atoms with E-state index in [0.29, 0.717) is 16.5 Å². The highest BCUT2D eigenvalue weighted by Crippen LogP contribution is 2.17. The molecule has 8 heteroatoms. The van der Waals surface area contributed by atoms with Gasteiger partial charge < -0.3 is 10.1 Å². The molecule has 0 saturated heterocycles. The quantitative estimate of drug-likeness (QED) is 0.820. The van der Waals surface area contributed by atoms with Crippen LogP contribution in [0.3, 0.4) is 0 Å². The van der Waals surface area contributed by atoms with Gasteiger partial charge in [0, 0.05) is 10.7 Å². The van der Waals surface area contributed by atoms with Gasteiger partial charge in [-0.25, -0.2) is 8.42 Å². The number of anilines is 1. The molecule has 2 aromatic carbocycles. The molecule has 0 aliphatic heterocycles. The number of sulfonamides is 1. The number of ether oxygens (including phenoxy) is 1. The summed E-state index contributed by atoms with van der Waals surface area (Å²) in [5, 5.41) is 2.93. The second kappa shape index (κ2) is 7.65. The van der Waals surface area contributed by atoms with Crippen molar-refractivity contribution in [3.05, 3.63) is 53.6 Å². The van der Waals surface area contributed by atoms with Crippen molar-refractivity contribution >= 4 is 33.2 Å². The summed E-state index contributed by atoms with van der Waals surface area (Å²) in [6, 6.07) is 11.6. The van der Waals surface area contributed by atoms with E-state index >= 15 is 0 Å². The van der Waals surface area contributed by atoms with Gasteiger partial charge >= 0.3 is 0 Å². The predicted octanol–water partition coefficient (Wildman–Crippen LogP) is 2.65. The summed E-state index contributed by atoms with van der Waals surface area (Å²) in [6.07, 6.45) is 0. The van der Waals surface area contributed by atoms with E-state index in [1.807, 2.05) is 0 Å². The summed E-state index contributed by atoms with van der Waals surface area (Å²) in [6.45, 7) is 1.46. The van der Waals surface area contributed by atoms with Crippen molar-refractivity contribution in [2.24, 2.45) is 0 Å². The Balaban J connectivity index is 2.04. The summed E-state index contributed by atoms with van der Waals surface area (Å²) in [5.74, 6) is 0.175. The van der Waals surface area contributed by atoms with Crippen molar-refractivity contribution in [2.75, 3.05) is 12.4 Å². The van der Waals surface area contributed by atoms with Gasteiger partial charge in [0.05, 0.1) is 18.0 Å². The minimum Gasteiger partial charge on any atom is -0.497 e. The largest absolute Gasteiger partial charge is 0.497 e. The third-order valence-electron chi connectivity index (χ3n) is 3.19. The van der Waals surface area contributed by atoms with Crippen LogP contribution in [0.15, 0.2) is 53.4 Å². The van der Waals surface area contributed by atoms with Gasteiger partial charge in [0.25, 0.3) is 0 Å². The molecule has 0 heterocycles. The Morgan fingerprint density at radius 3 is 2.42 bits per heavy atom. The zero-order chi connectivity index (χ0) is 17.7. The standard InChI is InChI=1S/C16H17ClN2O4S/c1-11(16(20)18-13-6-8-14(23-2)9-7-13)19-24(21,22)15-5-3-4-12(17)10-15/h3-11,19H,1-2H3,(H,18,20)/t11-/m0/s1. The van der Waals surface area contributed by atoms with Crippen LogP contribution in [-0.2, 0) is 14.8 Å². The van der Waals surface area contributed by atoms with Crippen LogP contribution in [0.25, 0.3) is 0 Å². The molecule has 0 radical (unpaired) electrons. The maximum atomic E-state index is 12.3. The van der Waals surface area contributed by atoms with E-state index in [2.05, 4.69) is 10.0 Å². The van der Waals surface area contributed by atoms with E-state index in [1.54, 1.807) is 37.4 Å². The molecule has 6 nitrogen and oxygen atoms in total. The first kappa shape index (κ1) is 18.3. The van der Waals surface area contributed by atoms with Crippen LogP contribution < -0.4 is 14.8 Å². The van der Waals surface area contributed by atoms with Gasteiger partial charge in [0.2, 0.25) is 15.9 Å². The van der Waals surface area contributed by atoms with Gasteiger partial charge in [0.15, 0.2) is 0 Å². The number of benzene rings is 2. The first-order chi connectivity index (χ1) is 11.3. The summed E-state index contributed by atoms with van der Waals surface area (Å²) < 4.78 is 31.9. The monoisotopic (exact) mass is 368 g/mol. The lowest BCUT2D eigenvalue weighted by Gasteiger charge is -2.15. The van der Waals surface area contributed by atoms with Gasteiger partial charge in [0.1, 0.15) is 5.75 Å². The van der Waals surface area contributed by atoms with Crippen molar-refractivity contribution in [3.63, 3.8) is 0 Å². The normalized spacial score (nSPS) is 12.5. The van der Waals surface area contributed by atoms with Crippen LogP contribution >= 0.6 is 11.6 Å². The number of rotatable bonds is 6. The number of carbonyl (C=O) groups is 1. The molecule has 0 saturated carbocycles. The minimum atomic E-state index is -3.85. The molecule has 0 aliphatic carbocycles. The summed E-state index contributed by atoms with van der Waals surface area (Å²) in [5.41, 5.74) is 0.537. The molecule has 0 aliphatic rings. The number of amides is 1. The number of hydrogen-bond donors (Lipinski definition) is 2. The lowest BCUT2D eigenvalue weighted by molar-refractivity contribution is -0.117. The Labute approximate surface area is 145 Å². The Bertz CT molecular complexity index is 822. The molecule has 2 aromatic rings. The van der Waals surface area contributed by atoms with E-state index in [9.17, 15) is 13.2 Å². The highest BCUT2D eigenvalue weighted by molar-refractivity contribution is 7.89. The number of carbonyl (C=O) groups excluding carboxylic acids is 1. The third kappa shape index (κ3) is 4.70. The van der Waals surface area contributed by atoms with E-state index in [0.717, 1.165) is 0 Å². The molecule has 1 atom stereocenters. The summed E-state index contributed by atoms with van der Waals surface area (Å²) >= 11 is 5.80. The molecule has 2 rings (SSSR count). The van der Waals surface area contributed by atoms with Crippen molar-refractivity contribution in [3.8, 4) is 5.75 Å². The molecule has 0 fully saturated rings. The fourth-order valence-electron chi connectivity index (χ4n) is 1.91. The highest BCUT2D eigenvalue weighted by atomic mass is 35.5. The molecule has 1 amide bonds. The van der Waals surface area contributed by atoms with Crippen molar-refractivity contribution < 1.29 is 17.9 Å². The van der Waals surface area contributed by atoms with Crippen LogP contribution in [0.5, 0.6) is 5.75 Å². The molecule has 128 valence electrons. The molecule has 0 unspecified atom stereocenters. The number of methoxy groups -OCH3 is 1. The molecular weight excluding hydrogens is 352 g/mol. The lowest BCUT2D eigenvalue weighted by Crippen LogP contribution is -2.41. The van der Waals surface area contributed by atoms with E-state index in [-0.39, 0.29) is 4.90 Å². The average Bonchev–Trinajstić information content (AvgIpc) is 2.55.